The molecule has 0 radical (unpaired) electrons. The largest absolute Gasteiger partial charge is 0.370 e. The summed E-state index contributed by atoms with van der Waals surface area (Å²) in [6.07, 6.45) is 2.41. The fourth-order valence-electron chi connectivity index (χ4n) is 1.70. The van der Waals surface area contributed by atoms with Crippen molar-refractivity contribution >= 4 is 28.9 Å². The molecule has 0 spiro atoms. The van der Waals surface area contributed by atoms with E-state index in [-0.39, 0.29) is 0 Å². The molecule has 1 aliphatic rings. The van der Waals surface area contributed by atoms with E-state index in [0.29, 0.717) is 5.92 Å². The molecule has 19 heavy (non-hydrogen) atoms. The molecule has 7 heteroatoms. The van der Waals surface area contributed by atoms with Gasteiger partial charge in [0.1, 0.15) is 21.7 Å². The van der Waals surface area contributed by atoms with Crippen molar-refractivity contribution < 1.29 is 0 Å². The molecule has 2 aromatic rings. The molecule has 3 rings (SSSR count). The van der Waals surface area contributed by atoms with Crippen molar-refractivity contribution in [1.82, 2.24) is 20.2 Å². The highest BCUT2D eigenvalue weighted by Gasteiger charge is 2.27. The summed E-state index contributed by atoms with van der Waals surface area (Å²) < 4.78 is 0.931. The highest BCUT2D eigenvalue weighted by Crippen LogP contribution is 2.40. The number of nitrogens with one attached hydrogen (secondary N) is 1. The predicted molar refractivity (Wildman–Crippen MR) is 76.9 cm³/mol. The molecule has 0 aliphatic heterocycles. The van der Waals surface area contributed by atoms with E-state index in [1.54, 1.807) is 23.1 Å². The predicted octanol–water partition coefficient (Wildman–Crippen LogP) is 3.10. The molecule has 0 unspecified atom stereocenters. The lowest BCUT2D eigenvalue weighted by Gasteiger charge is -2.07. The lowest BCUT2D eigenvalue weighted by Crippen LogP contribution is -2.03. The van der Waals surface area contributed by atoms with Gasteiger partial charge >= 0.3 is 0 Å². The van der Waals surface area contributed by atoms with Crippen LogP contribution in [0.4, 0.5) is 5.82 Å². The van der Waals surface area contributed by atoms with Gasteiger partial charge in [-0.15, -0.1) is 10.2 Å². The van der Waals surface area contributed by atoms with Crippen molar-refractivity contribution in [3.05, 3.63) is 16.9 Å². The van der Waals surface area contributed by atoms with Crippen molar-refractivity contribution in [2.75, 3.05) is 11.9 Å². The number of rotatable bonds is 5. The lowest BCUT2D eigenvalue weighted by atomic mass is 10.4. The number of hydrogen-bond donors (Lipinski definition) is 1. The standard InChI is InChI=1S/C12H15N5S2/c1-3-13-9-6-10(15-11(14-9)8-4-5-8)19-12-17-16-7(2)18-12/h6,8H,3-5H2,1-2H3,(H,13,14,15). The number of nitrogens with zero attached hydrogens (tertiary/aromatic N) is 4. The third-order valence-electron chi connectivity index (χ3n) is 2.72. The van der Waals surface area contributed by atoms with Crippen molar-refractivity contribution in [1.29, 1.82) is 0 Å². The first kappa shape index (κ1) is 12.8. The Balaban J connectivity index is 1.86. The maximum atomic E-state index is 4.63. The Morgan fingerprint density at radius 1 is 1.37 bits per heavy atom. The van der Waals surface area contributed by atoms with E-state index in [0.717, 1.165) is 32.6 Å². The monoisotopic (exact) mass is 293 g/mol. The number of aryl methyl sites for hydroxylation is 1. The van der Waals surface area contributed by atoms with Crippen LogP contribution in [-0.2, 0) is 0 Å². The summed E-state index contributed by atoms with van der Waals surface area (Å²) in [4.78, 5) is 9.20. The molecule has 0 amide bonds. The van der Waals surface area contributed by atoms with Gasteiger partial charge in [0.25, 0.3) is 0 Å². The first-order valence-corrected chi connectivity index (χ1v) is 7.98. The molecule has 1 saturated carbocycles. The van der Waals surface area contributed by atoms with E-state index in [1.165, 1.54) is 12.8 Å². The molecule has 1 fully saturated rings. The Hall–Kier alpha value is -1.21. The van der Waals surface area contributed by atoms with E-state index < -0.39 is 0 Å². The molecule has 2 heterocycles. The first-order chi connectivity index (χ1) is 9.24. The van der Waals surface area contributed by atoms with Crippen molar-refractivity contribution in [2.24, 2.45) is 0 Å². The zero-order valence-corrected chi connectivity index (χ0v) is 12.5. The first-order valence-electron chi connectivity index (χ1n) is 6.35. The van der Waals surface area contributed by atoms with Crippen LogP contribution in [0.5, 0.6) is 0 Å². The SMILES string of the molecule is CCNc1cc(Sc2nnc(C)s2)nc(C2CC2)n1. The highest BCUT2D eigenvalue weighted by atomic mass is 32.2. The lowest BCUT2D eigenvalue weighted by molar-refractivity contribution is 0.875. The molecule has 2 aromatic heterocycles. The molecule has 5 nitrogen and oxygen atoms in total. The van der Waals surface area contributed by atoms with Crippen LogP contribution in [0.15, 0.2) is 15.4 Å². The summed E-state index contributed by atoms with van der Waals surface area (Å²) in [5.74, 6) is 2.42. The molecule has 0 aromatic carbocycles. The maximum Gasteiger partial charge on any atom is 0.180 e. The highest BCUT2D eigenvalue weighted by molar-refractivity contribution is 8.01. The van der Waals surface area contributed by atoms with Gasteiger partial charge < -0.3 is 5.32 Å². The molecule has 0 bridgehead atoms. The number of hydrogen-bond acceptors (Lipinski definition) is 7. The Morgan fingerprint density at radius 2 is 2.21 bits per heavy atom. The van der Waals surface area contributed by atoms with Crippen molar-refractivity contribution in [3.8, 4) is 0 Å². The van der Waals surface area contributed by atoms with Gasteiger partial charge in [-0.05, 0) is 38.5 Å². The fraction of sp³-hybridized carbons (Fsp3) is 0.500. The number of aromatic nitrogens is 4. The van der Waals surface area contributed by atoms with Crippen LogP contribution in [0.1, 0.15) is 36.5 Å². The van der Waals surface area contributed by atoms with Crippen LogP contribution < -0.4 is 5.32 Å². The third kappa shape index (κ3) is 3.22. The quantitative estimate of drug-likeness (QED) is 0.855. The van der Waals surface area contributed by atoms with Gasteiger partial charge in [0, 0.05) is 18.5 Å². The van der Waals surface area contributed by atoms with E-state index >= 15 is 0 Å². The van der Waals surface area contributed by atoms with Gasteiger partial charge in [0.2, 0.25) is 0 Å². The summed E-state index contributed by atoms with van der Waals surface area (Å²) in [5, 5.41) is 13.3. The van der Waals surface area contributed by atoms with Gasteiger partial charge in [0.15, 0.2) is 4.34 Å². The fourth-order valence-corrected chi connectivity index (χ4v) is 3.47. The minimum atomic E-state index is 0.550. The average Bonchev–Trinajstić information content (AvgIpc) is 3.14. The summed E-state index contributed by atoms with van der Waals surface area (Å²) in [6.45, 7) is 4.89. The topological polar surface area (TPSA) is 63.6 Å². The minimum absolute atomic E-state index is 0.550. The van der Waals surface area contributed by atoms with Gasteiger partial charge in [0.05, 0.1) is 0 Å². The Bertz CT molecular complexity index is 579. The molecule has 1 N–H and O–H groups in total. The summed E-state index contributed by atoms with van der Waals surface area (Å²) in [7, 11) is 0. The van der Waals surface area contributed by atoms with Crippen LogP contribution >= 0.6 is 23.1 Å². The van der Waals surface area contributed by atoms with Gasteiger partial charge in [-0.25, -0.2) is 9.97 Å². The Labute approximate surface area is 120 Å². The van der Waals surface area contributed by atoms with Crippen molar-refractivity contribution in [2.45, 2.75) is 42.0 Å². The second kappa shape index (κ2) is 5.42. The van der Waals surface area contributed by atoms with Crippen LogP contribution in [-0.4, -0.2) is 26.7 Å². The Kier molecular flexibility index (Phi) is 3.65. The normalized spacial score (nSPS) is 14.6. The second-order valence-corrected chi connectivity index (χ2v) is 6.89. The molecular formula is C12H15N5S2. The summed E-state index contributed by atoms with van der Waals surface area (Å²) in [6, 6.07) is 1.98. The van der Waals surface area contributed by atoms with Gasteiger partial charge in [-0.3, -0.25) is 0 Å². The average molecular weight is 293 g/mol. The second-order valence-electron chi connectivity index (χ2n) is 4.44. The summed E-state index contributed by atoms with van der Waals surface area (Å²) >= 11 is 3.15. The smallest absolute Gasteiger partial charge is 0.180 e. The van der Waals surface area contributed by atoms with E-state index in [2.05, 4.69) is 32.4 Å². The molecule has 100 valence electrons. The third-order valence-corrected chi connectivity index (χ3v) is 4.53. The summed E-state index contributed by atoms with van der Waals surface area (Å²) in [5.41, 5.74) is 0. The van der Waals surface area contributed by atoms with E-state index in [9.17, 15) is 0 Å². The molecule has 0 saturated heterocycles. The molecule has 0 atom stereocenters. The van der Waals surface area contributed by atoms with E-state index in [4.69, 9.17) is 0 Å². The number of anilines is 1. The molecular weight excluding hydrogens is 278 g/mol. The Morgan fingerprint density at radius 3 is 2.84 bits per heavy atom. The van der Waals surface area contributed by atoms with Crippen LogP contribution in [0.25, 0.3) is 0 Å². The van der Waals surface area contributed by atoms with Gasteiger partial charge in [-0.1, -0.05) is 11.3 Å². The van der Waals surface area contributed by atoms with Crippen molar-refractivity contribution in [3.63, 3.8) is 0 Å². The van der Waals surface area contributed by atoms with Crippen LogP contribution in [0.3, 0.4) is 0 Å². The van der Waals surface area contributed by atoms with Crippen LogP contribution in [0.2, 0.25) is 0 Å². The van der Waals surface area contributed by atoms with Gasteiger partial charge in [-0.2, -0.15) is 0 Å². The van der Waals surface area contributed by atoms with Crippen LogP contribution in [0, 0.1) is 6.92 Å². The van der Waals surface area contributed by atoms with E-state index in [1.807, 2.05) is 13.0 Å². The molecule has 1 aliphatic carbocycles. The zero-order chi connectivity index (χ0) is 13.2. The zero-order valence-electron chi connectivity index (χ0n) is 10.9. The minimum Gasteiger partial charge on any atom is -0.370 e. The maximum absolute atomic E-state index is 4.63.